The van der Waals surface area contributed by atoms with Crippen LogP contribution in [0.2, 0.25) is 0 Å². The Labute approximate surface area is 154 Å². The van der Waals surface area contributed by atoms with Crippen molar-refractivity contribution in [2.75, 3.05) is 6.61 Å². The summed E-state index contributed by atoms with van der Waals surface area (Å²) in [4.78, 5) is 14.3. The molecule has 3 aromatic rings. The predicted octanol–water partition coefficient (Wildman–Crippen LogP) is 4.22. The number of thiophene rings is 2. The number of aliphatic hydroxyl groups excluding tert-OH is 1. The molecule has 0 saturated carbocycles. The first-order valence-corrected chi connectivity index (χ1v) is 9.73. The van der Waals surface area contributed by atoms with Crippen molar-refractivity contribution in [1.29, 1.82) is 0 Å². The van der Waals surface area contributed by atoms with Crippen molar-refractivity contribution in [3.8, 4) is 5.75 Å². The second-order valence-corrected chi connectivity index (χ2v) is 7.36. The Morgan fingerprint density at radius 2 is 2.08 bits per heavy atom. The van der Waals surface area contributed by atoms with Gasteiger partial charge in [-0.25, -0.2) is 0 Å². The van der Waals surface area contributed by atoms with Crippen LogP contribution in [0.4, 0.5) is 0 Å². The van der Waals surface area contributed by atoms with Crippen molar-refractivity contribution in [2.45, 2.75) is 19.6 Å². The van der Waals surface area contributed by atoms with Crippen LogP contribution in [-0.4, -0.2) is 17.6 Å². The number of aliphatic hydroxyl groups is 1. The smallest absolute Gasteiger partial charge is 0.255 e. The second-order valence-electron chi connectivity index (χ2n) is 5.38. The van der Waals surface area contributed by atoms with Crippen LogP contribution in [0, 0.1) is 0 Å². The van der Waals surface area contributed by atoms with E-state index in [1.165, 1.54) is 11.3 Å². The minimum Gasteiger partial charge on any atom is -0.493 e. The molecule has 0 radical (unpaired) electrons. The van der Waals surface area contributed by atoms with E-state index in [9.17, 15) is 9.90 Å². The molecule has 0 aliphatic carbocycles. The first kappa shape index (κ1) is 17.7. The molecular formula is C19H19NO3S2. The molecular weight excluding hydrogens is 354 g/mol. The Bertz CT molecular complexity index is 827. The summed E-state index contributed by atoms with van der Waals surface area (Å²) in [5.74, 6) is 0.416. The largest absolute Gasteiger partial charge is 0.493 e. The maximum Gasteiger partial charge on any atom is 0.255 e. The van der Waals surface area contributed by atoms with Crippen LogP contribution < -0.4 is 10.1 Å². The van der Waals surface area contributed by atoms with E-state index in [2.05, 4.69) is 5.32 Å². The van der Waals surface area contributed by atoms with E-state index in [-0.39, 0.29) is 5.91 Å². The molecule has 0 aliphatic rings. The van der Waals surface area contributed by atoms with Crippen LogP contribution in [0.3, 0.4) is 0 Å². The Morgan fingerprint density at radius 3 is 2.84 bits per heavy atom. The third-order valence-electron chi connectivity index (χ3n) is 3.67. The molecule has 2 N–H and O–H groups in total. The van der Waals surface area contributed by atoms with Crippen LogP contribution in [0.5, 0.6) is 5.75 Å². The van der Waals surface area contributed by atoms with Crippen LogP contribution in [-0.2, 0) is 6.54 Å². The molecule has 0 aliphatic heterocycles. The Balaban J connectivity index is 1.63. The van der Waals surface area contributed by atoms with Gasteiger partial charge in [-0.05, 0) is 53.6 Å². The van der Waals surface area contributed by atoms with Gasteiger partial charge in [-0.3, -0.25) is 4.79 Å². The van der Waals surface area contributed by atoms with Gasteiger partial charge < -0.3 is 15.2 Å². The second kappa shape index (κ2) is 8.29. The number of carbonyl (C=O) groups excluding carboxylic acids is 1. The molecule has 0 fully saturated rings. The number of hydrogen-bond acceptors (Lipinski definition) is 5. The highest BCUT2D eigenvalue weighted by Crippen LogP contribution is 2.29. The fourth-order valence-electron chi connectivity index (χ4n) is 2.43. The van der Waals surface area contributed by atoms with Gasteiger partial charge in [-0.15, -0.1) is 11.3 Å². The number of hydrogen-bond donors (Lipinski definition) is 2. The zero-order valence-corrected chi connectivity index (χ0v) is 15.4. The minimum absolute atomic E-state index is 0.169. The van der Waals surface area contributed by atoms with E-state index in [1.807, 2.05) is 48.0 Å². The number of rotatable bonds is 7. The zero-order chi connectivity index (χ0) is 17.6. The summed E-state index contributed by atoms with van der Waals surface area (Å²) in [7, 11) is 0. The van der Waals surface area contributed by atoms with Crippen LogP contribution in [0.25, 0.3) is 0 Å². The van der Waals surface area contributed by atoms with Crippen molar-refractivity contribution >= 4 is 28.6 Å². The highest BCUT2D eigenvalue weighted by molar-refractivity contribution is 7.12. The number of ether oxygens (including phenoxy) is 1. The number of benzene rings is 1. The van der Waals surface area contributed by atoms with Crippen LogP contribution >= 0.6 is 22.7 Å². The van der Waals surface area contributed by atoms with Gasteiger partial charge in [0.25, 0.3) is 5.91 Å². The molecule has 4 nitrogen and oxygen atoms in total. The SMILES string of the molecule is CCOc1ccccc1C(=O)NCc1ccc(C(O)c2ccsc2)s1. The van der Waals surface area contributed by atoms with E-state index < -0.39 is 6.10 Å². The van der Waals surface area contributed by atoms with Gasteiger partial charge in [-0.2, -0.15) is 11.3 Å². The van der Waals surface area contributed by atoms with E-state index >= 15 is 0 Å². The van der Waals surface area contributed by atoms with Gasteiger partial charge in [0.1, 0.15) is 11.9 Å². The number of para-hydroxylation sites is 1. The molecule has 1 atom stereocenters. The summed E-state index contributed by atoms with van der Waals surface area (Å²) < 4.78 is 5.50. The quantitative estimate of drug-likeness (QED) is 0.652. The Kier molecular flexibility index (Phi) is 5.86. The third kappa shape index (κ3) is 4.28. The van der Waals surface area contributed by atoms with Gasteiger partial charge >= 0.3 is 0 Å². The third-order valence-corrected chi connectivity index (χ3v) is 5.50. The lowest BCUT2D eigenvalue weighted by Gasteiger charge is -2.10. The van der Waals surface area contributed by atoms with Crippen molar-refractivity contribution in [3.05, 3.63) is 74.1 Å². The first-order valence-electron chi connectivity index (χ1n) is 7.98. The zero-order valence-electron chi connectivity index (χ0n) is 13.8. The summed E-state index contributed by atoms with van der Waals surface area (Å²) in [6, 6.07) is 13.0. The maximum absolute atomic E-state index is 12.4. The van der Waals surface area contributed by atoms with E-state index in [1.54, 1.807) is 23.5 Å². The predicted molar refractivity (Wildman–Crippen MR) is 101 cm³/mol. The van der Waals surface area contributed by atoms with E-state index in [4.69, 9.17) is 4.74 Å². The molecule has 1 aromatic carbocycles. The summed E-state index contributed by atoms with van der Waals surface area (Å²) in [6.45, 7) is 2.82. The average molecular weight is 373 g/mol. The lowest BCUT2D eigenvalue weighted by atomic mass is 10.1. The van der Waals surface area contributed by atoms with Gasteiger partial charge in [-0.1, -0.05) is 12.1 Å². The number of amides is 1. The van der Waals surface area contributed by atoms with E-state index in [0.717, 1.165) is 15.3 Å². The molecule has 25 heavy (non-hydrogen) atoms. The number of carbonyl (C=O) groups is 1. The normalized spacial score (nSPS) is 11.9. The van der Waals surface area contributed by atoms with Crippen molar-refractivity contribution in [1.82, 2.24) is 5.32 Å². The van der Waals surface area contributed by atoms with E-state index in [0.29, 0.717) is 24.5 Å². The molecule has 1 unspecified atom stereocenters. The fourth-order valence-corrected chi connectivity index (χ4v) is 4.08. The van der Waals surface area contributed by atoms with Gasteiger partial charge in [0.15, 0.2) is 0 Å². The lowest BCUT2D eigenvalue weighted by molar-refractivity contribution is 0.0947. The number of nitrogens with one attached hydrogen (secondary N) is 1. The summed E-state index contributed by atoms with van der Waals surface area (Å²) in [6.07, 6.45) is -0.612. The summed E-state index contributed by atoms with van der Waals surface area (Å²) in [5, 5.41) is 17.2. The van der Waals surface area contributed by atoms with Crippen molar-refractivity contribution in [3.63, 3.8) is 0 Å². The average Bonchev–Trinajstić information content (AvgIpc) is 3.32. The van der Waals surface area contributed by atoms with Gasteiger partial charge in [0, 0.05) is 9.75 Å². The molecule has 0 saturated heterocycles. The van der Waals surface area contributed by atoms with Gasteiger partial charge in [0.05, 0.1) is 18.7 Å². The molecule has 0 spiro atoms. The molecule has 1 amide bonds. The lowest BCUT2D eigenvalue weighted by Crippen LogP contribution is -2.23. The molecule has 0 bridgehead atoms. The molecule has 3 rings (SSSR count). The Morgan fingerprint density at radius 1 is 1.24 bits per heavy atom. The molecule has 6 heteroatoms. The highest BCUT2D eigenvalue weighted by Gasteiger charge is 2.15. The topological polar surface area (TPSA) is 58.6 Å². The van der Waals surface area contributed by atoms with Crippen molar-refractivity contribution < 1.29 is 14.6 Å². The first-order chi connectivity index (χ1) is 12.2. The minimum atomic E-state index is -0.612. The van der Waals surface area contributed by atoms with Gasteiger partial charge in [0.2, 0.25) is 0 Å². The maximum atomic E-state index is 12.4. The van der Waals surface area contributed by atoms with Crippen LogP contribution in [0.1, 0.15) is 38.7 Å². The molecule has 130 valence electrons. The fraction of sp³-hybridized carbons (Fsp3) is 0.211. The molecule has 2 aromatic heterocycles. The van der Waals surface area contributed by atoms with Crippen molar-refractivity contribution in [2.24, 2.45) is 0 Å². The Hall–Kier alpha value is -2.15. The van der Waals surface area contributed by atoms with Crippen LogP contribution in [0.15, 0.2) is 53.2 Å². The highest BCUT2D eigenvalue weighted by atomic mass is 32.1. The molecule has 2 heterocycles. The summed E-state index contributed by atoms with van der Waals surface area (Å²) >= 11 is 3.06. The monoisotopic (exact) mass is 373 g/mol. The summed E-state index contributed by atoms with van der Waals surface area (Å²) in [5.41, 5.74) is 1.42. The standard InChI is InChI=1S/C19H19NO3S2/c1-2-23-16-6-4-3-5-15(16)19(22)20-11-14-7-8-17(25-14)18(21)13-9-10-24-12-13/h3-10,12,18,21H,2,11H2,1H3,(H,20,22).